The van der Waals surface area contributed by atoms with E-state index in [0.29, 0.717) is 24.5 Å². The van der Waals surface area contributed by atoms with Gasteiger partial charge in [0.1, 0.15) is 0 Å². The Balaban J connectivity index is 1.78. The fourth-order valence-electron chi connectivity index (χ4n) is 2.24. The lowest BCUT2D eigenvalue weighted by Gasteiger charge is -2.39. The van der Waals surface area contributed by atoms with Gasteiger partial charge in [-0.25, -0.2) is 0 Å². The molecule has 1 heterocycles. The fourth-order valence-corrected chi connectivity index (χ4v) is 2.36. The quantitative estimate of drug-likeness (QED) is 0.921. The number of carbonyl (C=O) groups is 2. The van der Waals surface area contributed by atoms with E-state index in [-0.39, 0.29) is 23.8 Å². The lowest BCUT2D eigenvalue weighted by Crippen LogP contribution is -2.61. The third kappa shape index (κ3) is 3.73. The largest absolute Gasteiger partial charge is 0.350 e. The minimum absolute atomic E-state index is 0.0353. The molecule has 0 radical (unpaired) electrons. The molecule has 5 heteroatoms. The van der Waals surface area contributed by atoms with Crippen molar-refractivity contribution in [2.24, 2.45) is 5.92 Å². The minimum Gasteiger partial charge on any atom is -0.350 e. The van der Waals surface area contributed by atoms with Gasteiger partial charge in [0.05, 0.1) is 6.04 Å². The van der Waals surface area contributed by atoms with Gasteiger partial charge in [-0.2, -0.15) is 0 Å². The van der Waals surface area contributed by atoms with Crippen LogP contribution in [0.3, 0.4) is 0 Å². The van der Waals surface area contributed by atoms with Gasteiger partial charge in [-0.15, -0.1) is 0 Å². The molecule has 0 bridgehead atoms. The Hall–Kier alpha value is -1.55. The predicted octanol–water partition coefficient (Wildman–Crippen LogP) is 1.87. The van der Waals surface area contributed by atoms with Crippen LogP contribution in [0.15, 0.2) is 24.3 Å². The Morgan fingerprint density at radius 1 is 1.35 bits per heavy atom. The molecule has 1 aliphatic heterocycles. The van der Waals surface area contributed by atoms with Gasteiger partial charge in [0.25, 0.3) is 0 Å². The van der Waals surface area contributed by atoms with Crippen LogP contribution in [0.4, 0.5) is 0 Å². The Labute approximate surface area is 124 Å². The van der Waals surface area contributed by atoms with Gasteiger partial charge >= 0.3 is 0 Å². The molecule has 20 heavy (non-hydrogen) atoms. The molecule has 1 aromatic carbocycles. The van der Waals surface area contributed by atoms with Crippen LogP contribution in [-0.2, 0) is 16.0 Å². The number of hydrogen-bond acceptors (Lipinski definition) is 2. The maximum atomic E-state index is 12.1. The van der Waals surface area contributed by atoms with Crippen molar-refractivity contribution < 1.29 is 9.59 Å². The molecule has 2 amide bonds. The highest BCUT2D eigenvalue weighted by atomic mass is 35.5. The molecule has 0 aromatic heterocycles. The number of rotatable bonds is 4. The lowest BCUT2D eigenvalue weighted by atomic mass is 9.99. The smallest absolute Gasteiger partial charge is 0.223 e. The molecular formula is C15H19ClN2O2. The number of halogens is 1. The molecule has 0 saturated carbocycles. The summed E-state index contributed by atoms with van der Waals surface area (Å²) >= 11 is 5.83. The number of amides is 2. The summed E-state index contributed by atoms with van der Waals surface area (Å²) in [4.78, 5) is 24.8. The molecule has 1 saturated heterocycles. The number of likely N-dealkylation sites (tertiary alicyclic amines) is 1. The summed E-state index contributed by atoms with van der Waals surface area (Å²) < 4.78 is 0. The zero-order chi connectivity index (χ0) is 14.7. The van der Waals surface area contributed by atoms with E-state index < -0.39 is 0 Å². The molecular weight excluding hydrogens is 276 g/mol. The maximum absolute atomic E-state index is 12.1. The van der Waals surface area contributed by atoms with E-state index in [9.17, 15) is 9.59 Å². The second-order valence-electron chi connectivity index (χ2n) is 5.36. The minimum atomic E-state index is -0.0949. The van der Waals surface area contributed by atoms with Gasteiger partial charge < -0.3 is 10.2 Å². The first-order valence-electron chi connectivity index (χ1n) is 6.76. The van der Waals surface area contributed by atoms with E-state index in [2.05, 4.69) is 5.32 Å². The Morgan fingerprint density at radius 2 is 1.95 bits per heavy atom. The number of benzene rings is 1. The third-order valence-electron chi connectivity index (χ3n) is 3.58. The Kier molecular flexibility index (Phi) is 4.65. The molecule has 1 unspecified atom stereocenters. The zero-order valence-electron chi connectivity index (χ0n) is 11.7. The van der Waals surface area contributed by atoms with Crippen LogP contribution in [-0.4, -0.2) is 35.8 Å². The zero-order valence-corrected chi connectivity index (χ0v) is 12.5. The molecule has 1 fully saturated rings. The second-order valence-corrected chi connectivity index (χ2v) is 5.80. The summed E-state index contributed by atoms with van der Waals surface area (Å²) in [5, 5.41) is 3.67. The van der Waals surface area contributed by atoms with Crippen LogP contribution in [0.1, 0.15) is 19.4 Å². The summed E-state index contributed by atoms with van der Waals surface area (Å²) in [6, 6.07) is 7.63. The van der Waals surface area contributed by atoms with Crippen LogP contribution >= 0.6 is 11.6 Å². The number of nitrogens with zero attached hydrogens (tertiary/aromatic N) is 1. The second kappa shape index (κ2) is 6.27. The van der Waals surface area contributed by atoms with Crippen molar-refractivity contribution in [2.75, 3.05) is 13.1 Å². The van der Waals surface area contributed by atoms with Crippen molar-refractivity contribution in [1.29, 1.82) is 0 Å². The van der Waals surface area contributed by atoms with Gasteiger partial charge in [0.15, 0.2) is 0 Å². The standard InChI is InChI=1S/C15H19ClN2O2/c1-10(7-12-3-5-13(16)6-4-12)15(20)17-14-8-18(9-14)11(2)19/h3-6,10,14H,7-9H2,1-2H3,(H,17,20). The Morgan fingerprint density at radius 3 is 2.50 bits per heavy atom. The molecule has 0 spiro atoms. The monoisotopic (exact) mass is 294 g/mol. The summed E-state index contributed by atoms with van der Waals surface area (Å²) in [5.74, 6) is 0.000386. The molecule has 4 nitrogen and oxygen atoms in total. The van der Waals surface area contributed by atoms with Crippen LogP contribution < -0.4 is 5.32 Å². The highest BCUT2D eigenvalue weighted by molar-refractivity contribution is 6.30. The summed E-state index contributed by atoms with van der Waals surface area (Å²) in [7, 11) is 0. The van der Waals surface area contributed by atoms with Crippen LogP contribution in [0.25, 0.3) is 0 Å². The van der Waals surface area contributed by atoms with Gasteiger partial charge in [-0.1, -0.05) is 30.7 Å². The molecule has 1 N–H and O–H groups in total. The molecule has 0 aliphatic carbocycles. The average molecular weight is 295 g/mol. The van der Waals surface area contributed by atoms with Gasteiger partial charge in [0, 0.05) is 31.0 Å². The number of nitrogens with one attached hydrogen (secondary N) is 1. The molecule has 2 rings (SSSR count). The first-order valence-corrected chi connectivity index (χ1v) is 7.14. The van der Waals surface area contributed by atoms with Crippen LogP contribution in [0, 0.1) is 5.92 Å². The van der Waals surface area contributed by atoms with Crippen molar-refractivity contribution in [3.8, 4) is 0 Å². The van der Waals surface area contributed by atoms with E-state index in [1.807, 2.05) is 31.2 Å². The topological polar surface area (TPSA) is 49.4 Å². The average Bonchev–Trinajstić information content (AvgIpc) is 2.35. The molecule has 1 aliphatic rings. The first kappa shape index (κ1) is 14.9. The molecule has 1 aromatic rings. The summed E-state index contributed by atoms with van der Waals surface area (Å²) in [6.07, 6.45) is 0.687. The highest BCUT2D eigenvalue weighted by Gasteiger charge is 2.30. The molecule has 108 valence electrons. The van der Waals surface area contributed by atoms with E-state index in [1.165, 1.54) is 0 Å². The third-order valence-corrected chi connectivity index (χ3v) is 3.83. The summed E-state index contributed by atoms with van der Waals surface area (Å²) in [5.41, 5.74) is 1.09. The van der Waals surface area contributed by atoms with Gasteiger partial charge in [0.2, 0.25) is 11.8 Å². The normalized spacial score (nSPS) is 16.4. The summed E-state index contributed by atoms with van der Waals surface area (Å²) in [6.45, 7) is 4.69. The van der Waals surface area contributed by atoms with Crippen molar-refractivity contribution in [2.45, 2.75) is 26.3 Å². The van der Waals surface area contributed by atoms with Crippen LogP contribution in [0.5, 0.6) is 0 Å². The van der Waals surface area contributed by atoms with Gasteiger partial charge in [-0.3, -0.25) is 9.59 Å². The van der Waals surface area contributed by atoms with Crippen LogP contribution in [0.2, 0.25) is 5.02 Å². The van der Waals surface area contributed by atoms with Crippen molar-refractivity contribution in [3.63, 3.8) is 0 Å². The van der Waals surface area contributed by atoms with E-state index >= 15 is 0 Å². The maximum Gasteiger partial charge on any atom is 0.223 e. The van der Waals surface area contributed by atoms with Crippen molar-refractivity contribution in [1.82, 2.24) is 10.2 Å². The molecule has 1 atom stereocenters. The Bertz CT molecular complexity index is 495. The SMILES string of the molecule is CC(=O)N1CC(NC(=O)C(C)Cc2ccc(Cl)cc2)C1. The van der Waals surface area contributed by atoms with E-state index in [4.69, 9.17) is 11.6 Å². The van der Waals surface area contributed by atoms with E-state index in [1.54, 1.807) is 11.8 Å². The predicted molar refractivity (Wildman–Crippen MR) is 78.5 cm³/mol. The van der Waals surface area contributed by atoms with Gasteiger partial charge in [-0.05, 0) is 24.1 Å². The highest BCUT2D eigenvalue weighted by Crippen LogP contribution is 2.14. The van der Waals surface area contributed by atoms with Crippen molar-refractivity contribution >= 4 is 23.4 Å². The fraction of sp³-hybridized carbons (Fsp3) is 0.467. The lowest BCUT2D eigenvalue weighted by molar-refractivity contribution is -0.136. The number of carbonyl (C=O) groups excluding carboxylic acids is 2. The van der Waals surface area contributed by atoms with E-state index in [0.717, 1.165) is 5.56 Å². The number of hydrogen-bond donors (Lipinski definition) is 1. The first-order chi connectivity index (χ1) is 9.45. The van der Waals surface area contributed by atoms with Crippen molar-refractivity contribution in [3.05, 3.63) is 34.9 Å².